The van der Waals surface area contributed by atoms with Crippen molar-refractivity contribution < 1.29 is 14.1 Å². The van der Waals surface area contributed by atoms with Crippen molar-refractivity contribution in [3.05, 3.63) is 41.5 Å². The van der Waals surface area contributed by atoms with Crippen molar-refractivity contribution in [1.82, 2.24) is 15.5 Å². The van der Waals surface area contributed by atoms with E-state index in [1.165, 1.54) is 0 Å². The van der Waals surface area contributed by atoms with E-state index >= 15 is 0 Å². The van der Waals surface area contributed by atoms with Crippen molar-refractivity contribution in [2.24, 2.45) is 11.1 Å². The number of methoxy groups -OCH3 is 1. The van der Waals surface area contributed by atoms with Crippen LogP contribution in [-0.2, 0) is 4.79 Å². The van der Waals surface area contributed by atoms with Crippen LogP contribution < -0.4 is 15.8 Å². The summed E-state index contributed by atoms with van der Waals surface area (Å²) < 4.78 is 10.8. The molecule has 7 nitrogen and oxygen atoms in total. The number of nitrogens with one attached hydrogen (secondary N) is 1. The molecule has 7 heteroatoms. The number of hydrogen-bond acceptors (Lipinski definition) is 6. The van der Waals surface area contributed by atoms with Gasteiger partial charge in [-0.15, -0.1) is 0 Å². The van der Waals surface area contributed by atoms with Crippen LogP contribution in [0.25, 0.3) is 0 Å². The van der Waals surface area contributed by atoms with E-state index in [4.69, 9.17) is 15.0 Å². The third kappa shape index (κ3) is 2.99. The average Bonchev–Trinajstić information content (AvgIpc) is 3.06. The van der Waals surface area contributed by atoms with Crippen molar-refractivity contribution in [2.45, 2.75) is 32.2 Å². The number of benzene rings is 1. The van der Waals surface area contributed by atoms with E-state index in [0.29, 0.717) is 30.4 Å². The summed E-state index contributed by atoms with van der Waals surface area (Å²) in [7, 11) is 1.60. The molecule has 128 valence electrons. The summed E-state index contributed by atoms with van der Waals surface area (Å²) in [5.41, 5.74) is 6.62. The lowest BCUT2D eigenvalue weighted by Crippen LogP contribution is -2.45. The smallest absolute Gasteiger partial charge is 0.231 e. The van der Waals surface area contributed by atoms with Crippen LogP contribution in [0.3, 0.4) is 0 Å². The molecule has 0 bridgehead atoms. The number of rotatable bonds is 4. The predicted molar refractivity (Wildman–Crippen MR) is 87.5 cm³/mol. The molecule has 1 fully saturated rings. The number of carbonyl (C=O) groups excluding carboxylic acids is 1. The molecule has 0 aliphatic carbocycles. The van der Waals surface area contributed by atoms with Gasteiger partial charge >= 0.3 is 0 Å². The first-order chi connectivity index (χ1) is 11.4. The van der Waals surface area contributed by atoms with E-state index in [1.54, 1.807) is 7.11 Å². The molecule has 1 saturated heterocycles. The second-order valence-corrected chi connectivity index (χ2v) is 6.71. The molecule has 3 N–H and O–H groups in total. The van der Waals surface area contributed by atoms with Crippen LogP contribution in [0, 0.1) is 5.41 Å². The highest BCUT2D eigenvalue weighted by molar-refractivity contribution is 5.82. The summed E-state index contributed by atoms with van der Waals surface area (Å²) in [5.74, 6) is 1.63. The fraction of sp³-hybridized carbons (Fsp3) is 0.471. The number of hydrogen-bond donors (Lipinski definition) is 2. The fourth-order valence-corrected chi connectivity index (χ4v) is 3.01. The van der Waals surface area contributed by atoms with Crippen LogP contribution in [0.1, 0.15) is 49.5 Å². The molecule has 1 amide bonds. The standard InChI is InChI=1S/C17H22N4O3/c1-17(2)8-10(9-19-16(17)22)15-20-14(21-24-15)13(18)11-6-4-5-7-12(11)23-3/h4-7,10,13H,8-9,18H2,1-3H3,(H,19,22). The van der Waals surface area contributed by atoms with Gasteiger partial charge in [-0.05, 0) is 12.5 Å². The first kappa shape index (κ1) is 16.4. The van der Waals surface area contributed by atoms with Gasteiger partial charge < -0.3 is 20.3 Å². The Balaban J connectivity index is 1.82. The average molecular weight is 330 g/mol. The summed E-state index contributed by atoms with van der Waals surface area (Å²) in [6.07, 6.45) is 0.657. The Morgan fingerprint density at radius 3 is 2.88 bits per heavy atom. The van der Waals surface area contributed by atoms with Crippen LogP contribution >= 0.6 is 0 Å². The molecule has 24 heavy (non-hydrogen) atoms. The van der Waals surface area contributed by atoms with E-state index in [2.05, 4.69) is 15.5 Å². The number of piperidine rings is 1. The molecule has 0 saturated carbocycles. The number of carbonyl (C=O) groups is 1. The second kappa shape index (κ2) is 6.24. The zero-order valence-electron chi connectivity index (χ0n) is 14.1. The minimum Gasteiger partial charge on any atom is -0.496 e. The summed E-state index contributed by atoms with van der Waals surface area (Å²) >= 11 is 0. The molecule has 1 aliphatic heterocycles. The van der Waals surface area contributed by atoms with Gasteiger partial charge in [0.2, 0.25) is 11.8 Å². The quantitative estimate of drug-likeness (QED) is 0.885. The Labute approximate surface area is 140 Å². The lowest BCUT2D eigenvalue weighted by molar-refractivity contribution is -0.132. The van der Waals surface area contributed by atoms with E-state index in [0.717, 1.165) is 5.56 Å². The Hall–Kier alpha value is -2.41. The number of nitrogens with two attached hydrogens (primary N) is 1. The Kier molecular flexibility index (Phi) is 4.28. The van der Waals surface area contributed by atoms with Crippen LogP contribution in [0.15, 0.2) is 28.8 Å². The second-order valence-electron chi connectivity index (χ2n) is 6.71. The molecular weight excluding hydrogens is 308 g/mol. The third-order valence-corrected chi connectivity index (χ3v) is 4.44. The highest BCUT2D eigenvalue weighted by Gasteiger charge is 2.38. The molecule has 1 aromatic carbocycles. The molecule has 2 aromatic rings. The number of amides is 1. The molecule has 0 radical (unpaired) electrons. The molecule has 0 spiro atoms. The van der Waals surface area contributed by atoms with E-state index in [9.17, 15) is 4.79 Å². The topological polar surface area (TPSA) is 103 Å². The van der Waals surface area contributed by atoms with Crippen molar-refractivity contribution in [3.63, 3.8) is 0 Å². The number of aromatic nitrogens is 2. The lowest BCUT2D eigenvalue weighted by atomic mass is 9.79. The molecule has 2 atom stereocenters. The summed E-state index contributed by atoms with van der Waals surface area (Å²) in [5, 5.41) is 6.92. The molecule has 1 aromatic heterocycles. The van der Waals surface area contributed by atoms with Gasteiger partial charge in [-0.1, -0.05) is 37.2 Å². The first-order valence-electron chi connectivity index (χ1n) is 7.92. The van der Waals surface area contributed by atoms with Crippen LogP contribution in [0.4, 0.5) is 0 Å². The third-order valence-electron chi connectivity index (χ3n) is 4.44. The molecule has 2 heterocycles. The van der Waals surface area contributed by atoms with Crippen LogP contribution in [0.2, 0.25) is 0 Å². The van der Waals surface area contributed by atoms with Gasteiger partial charge in [0.1, 0.15) is 5.75 Å². The minimum absolute atomic E-state index is 0.0104. The van der Waals surface area contributed by atoms with E-state index in [-0.39, 0.29) is 11.8 Å². The normalized spacial score (nSPS) is 21.2. The number of ether oxygens (including phenoxy) is 1. The van der Waals surface area contributed by atoms with Crippen molar-refractivity contribution in [3.8, 4) is 5.75 Å². The summed E-state index contributed by atoms with van der Waals surface area (Å²) in [4.78, 5) is 16.3. The monoisotopic (exact) mass is 330 g/mol. The van der Waals surface area contributed by atoms with Crippen molar-refractivity contribution in [1.29, 1.82) is 0 Å². The maximum atomic E-state index is 11.9. The molecule has 2 unspecified atom stereocenters. The Morgan fingerprint density at radius 1 is 1.42 bits per heavy atom. The Bertz CT molecular complexity index is 741. The highest BCUT2D eigenvalue weighted by atomic mass is 16.5. The first-order valence-corrected chi connectivity index (χ1v) is 7.92. The van der Waals surface area contributed by atoms with Gasteiger partial charge in [0, 0.05) is 17.5 Å². The van der Waals surface area contributed by atoms with Gasteiger partial charge in [0.05, 0.1) is 19.1 Å². The lowest BCUT2D eigenvalue weighted by Gasteiger charge is -2.32. The maximum Gasteiger partial charge on any atom is 0.231 e. The van der Waals surface area contributed by atoms with Crippen molar-refractivity contribution >= 4 is 5.91 Å². The highest BCUT2D eigenvalue weighted by Crippen LogP contribution is 2.35. The SMILES string of the molecule is COc1ccccc1C(N)c1noc(C2CNC(=O)C(C)(C)C2)n1. The van der Waals surface area contributed by atoms with Crippen LogP contribution in [-0.4, -0.2) is 29.7 Å². The molecular formula is C17H22N4O3. The summed E-state index contributed by atoms with van der Waals surface area (Å²) in [6.45, 7) is 4.31. The largest absolute Gasteiger partial charge is 0.496 e. The Morgan fingerprint density at radius 2 is 2.17 bits per heavy atom. The zero-order valence-corrected chi connectivity index (χ0v) is 14.1. The fourth-order valence-electron chi connectivity index (χ4n) is 3.01. The van der Waals surface area contributed by atoms with Gasteiger partial charge in [-0.3, -0.25) is 4.79 Å². The van der Waals surface area contributed by atoms with Gasteiger partial charge in [-0.2, -0.15) is 4.98 Å². The van der Waals surface area contributed by atoms with Crippen molar-refractivity contribution in [2.75, 3.05) is 13.7 Å². The zero-order chi connectivity index (χ0) is 17.3. The number of para-hydroxylation sites is 1. The van der Waals surface area contributed by atoms with Gasteiger partial charge in [-0.25, -0.2) is 0 Å². The van der Waals surface area contributed by atoms with Gasteiger partial charge in [0.15, 0.2) is 5.82 Å². The predicted octanol–water partition coefficient (Wildman–Crippen LogP) is 1.76. The number of nitrogens with zero attached hydrogens (tertiary/aromatic N) is 2. The minimum atomic E-state index is -0.537. The van der Waals surface area contributed by atoms with Crippen LogP contribution in [0.5, 0.6) is 5.75 Å². The molecule has 1 aliphatic rings. The summed E-state index contributed by atoms with van der Waals surface area (Å²) in [6, 6.07) is 6.95. The molecule has 3 rings (SSSR count). The van der Waals surface area contributed by atoms with E-state index in [1.807, 2.05) is 38.1 Å². The maximum absolute atomic E-state index is 11.9. The van der Waals surface area contributed by atoms with Gasteiger partial charge in [0.25, 0.3) is 0 Å². The van der Waals surface area contributed by atoms with E-state index < -0.39 is 11.5 Å².